The molecule has 0 bridgehead atoms. The molecule has 0 fully saturated rings. The molecule has 3 N–H and O–H groups in total. The minimum absolute atomic E-state index is 0.0361. The zero-order chi connectivity index (χ0) is 21.6. The second-order valence-electron chi connectivity index (χ2n) is 6.08. The molecule has 2 amide bonds. The lowest BCUT2D eigenvalue weighted by molar-refractivity contribution is -0.135. The van der Waals surface area contributed by atoms with E-state index in [2.05, 4.69) is 21.8 Å². The molecule has 0 saturated carbocycles. The minimum Gasteiger partial charge on any atom is -0.372 e. The summed E-state index contributed by atoms with van der Waals surface area (Å²) in [6.07, 6.45) is -1.42. The normalized spacial score (nSPS) is 11.2. The Kier molecular flexibility index (Phi) is 7.25. The molecule has 9 heteroatoms. The van der Waals surface area contributed by atoms with Crippen molar-refractivity contribution < 1.29 is 19.5 Å². The van der Waals surface area contributed by atoms with Gasteiger partial charge in [0.25, 0.3) is 11.8 Å². The number of nitrogens with zero attached hydrogens (tertiary/aromatic N) is 4. The molecule has 0 aliphatic carbocycles. The number of aliphatic hydroxyl groups is 1. The highest BCUT2D eigenvalue weighted by Gasteiger charge is 2.16. The first-order valence-electron chi connectivity index (χ1n) is 8.78. The monoisotopic (exact) mass is 397 g/mol. The van der Waals surface area contributed by atoms with Gasteiger partial charge in [0.05, 0.1) is 7.11 Å². The Bertz CT molecular complexity index is 967. The quantitative estimate of drug-likeness (QED) is 0.535. The van der Waals surface area contributed by atoms with E-state index in [0.717, 1.165) is 0 Å². The number of hydroxylamine groups is 1. The average molecular weight is 397 g/mol. The number of anilines is 1. The van der Waals surface area contributed by atoms with Crippen LogP contribution in [0.2, 0.25) is 0 Å². The molecule has 9 nitrogen and oxygen atoms in total. The van der Waals surface area contributed by atoms with Gasteiger partial charge in [0.1, 0.15) is 5.69 Å². The Morgan fingerprint density at radius 3 is 2.62 bits per heavy atom. The van der Waals surface area contributed by atoms with Crippen LogP contribution in [-0.2, 0) is 9.63 Å². The zero-order valence-corrected chi connectivity index (χ0v) is 16.7. The van der Waals surface area contributed by atoms with E-state index in [4.69, 9.17) is 10.6 Å². The fourth-order valence-electron chi connectivity index (χ4n) is 2.26. The van der Waals surface area contributed by atoms with Crippen LogP contribution in [0.5, 0.6) is 0 Å². The zero-order valence-electron chi connectivity index (χ0n) is 16.7. The molecular weight excluding hydrogens is 374 g/mol. The number of aliphatic hydroxyl groups excluding tert-OH is 1. The van der Waals surface area contributed by atoms with Gasteiger partial charge >= 0.3 is 0 Å². The maximum absolute atomic E-state index is 11.9. The molecule has 152 valence electrons. The molecule has 2 rings (SSSR count). The third kappa shape index (κ3) is 5.51. The number of nitrogens with two attached hydrogens (primary N) is 1. The maximum atomic E-state index is 11.9. The average Bonchev–Trinajstić information content (AvgIpc) is 2.75. The van der Waals surface area contributed by atoms with Crippen LogP contribution < -0.4 is 10.8 Å². The van der Waals surface area contributed by atoms with Crippen LogP contribution >= 0.6 is 0 Å². The maximum Gasteiger partial charge on any atom is 0.267 e. The molecule has 0 aliphatic heterocycles. The van der Waals surface area contributed by atoms with Crippen molar-refractivity contribution in [3.63, 3.8) is 0 Å². The lowest BCUT2D eigenvalue weighted by Crippen LogP contribution is -2.35. The Balaban J connectivity index is 2.39. The highest BCUT2D eigenvalue weighted by Crippen LogP contribution is 2.20. The van der Waals surface area contributed by atoms with Crippen LogP contribution in [0.15, 0.2) is 30.3 Å². The van der Waals surface area contributed by atoms with Gasteiger partial charge in [-0.3, -0.25) is 14.4 Å². The third-order valence-electron chi connectivity index (χ3n) is 4.12. The topological polar surface area (TPSA) is 122 Å². The summed E-state index contributed by atoms with van der Waals surface area (Å²) < 4.78 is 0. The van der Waals surface area contributed by atoms with Crippen LogP contribution in [0.3, 0.4) is 0 Å². The summed E-state index contributed by atoms with van der Waals surface area (Å²) in [6, 6.07) is 8.30. The van der Waals surface area contributed by atoms with E-state index in [1.807, 2.05) is 0 Å². The van der Waals surface area contributed by atoms with E-state index >= 15 is 0 Å². The lowest BCUT2D eigenvalue weighted by atomic mass is 10.1. The van der Waals surface area contributed by atoms with Crippen molar-refractivity contribution in [2.75, 3.05) is 32.8 Å². The molecule has 0 saturated heterocycles. The molecule has 1 unspecified atom stereocenters. The van der Waals surface area contributed by atoms with Gasteiger partial charge in [0, 0.05) is 37.8 Å². The molecular formula is C20H23N5O4. The lowest BCUT2D eigenvalue weighted by Gasteiger charge is -2.16. The van der Waals surface area contributed by atoms with E-state index in [0.29, 0.717) is 23.5 Å². The number of hydrogen-bond acceptors (Lipinski definition) is 7. The molecule has 2 aromatic rings. The van der Waals surface area contributed by atoms with Crippen molar-refractivity contribution in [2.45, 2.75) is 13.0 Å². The van der Waals surface area contributed by atoms with Gasteiger partial charge < -0.3 is 15.7 Å². The predicted molar refractivity (Wildman–Crippen MR) is 108 cm³/mol. The van der Waals surface area contributed by atoms with Gasteiger partial charge in [-0.1, -0.05) is 24.0 Å². The van der Waals surface area contributed by atoms with Gasteiger partial charge in [-0.2, -0.15) is 0 Å². The number of amides is 2. The number of hydrogen-bond donors (Lipinski definition) is 2. The van der Waals surface area contributed by atoms with E-state index in [1.165, 1.54) is 23.1 Å². The summed E-state index contributed by atoms with van der Waals surface area (Å²) in [7, 11) is 4.68. The van der Waals surface area contributed by atoms with E-state index in [1.54, 1.807) is 45.3 Å². The molecule has 0 aliphatic rings. The fraction of sp³-hybridized carbons (Fsp3) is 0.300. The largest absolute Gasteiger partial charge is 0.372 e. The van der Waals surface area contributed by atoms with Crippen molar-refractivity contribution in [1.82, 2.24) is 14.9 Å². The number of carbonyl (C=O) groups is 2. The van der Waals surface area contributed by atoms with Crippen molar-refractivity contribution in [3.8, 4) is 23.2 Å². The summed E-state index contributed by atoms with van der Waals surface area (Å²) in [4.78, 5) is 38.6. The van der Waals surface area contributed by atoms with Crippen molar-refractivity contribution in [1.29, 1.82) is 0 Å². The SMILES string of the molecule is CCN(C)C(=O)C(O)C#Cc1cccc(-c2nc(C(N)=O)cc(N(C)OC)n2)c1. The summed E-state index contributed by atoms with van der Waals surface area (Å²) in [6.45, 7) is 2.27. The summed E-state index contributed by atoms with van der Waals surface area (Å²) in [5.74, 6) is 4.74. The second kappa shape index (κ2) is 9.64. The predicted octanol–water partition coefficient (Wildman–Crippen LogP) is 0.431. The molecule has 1 aromatic heterocycles. The highest BCUT2D eigenvalue weighted by atomic mass is 16.7. The summed E-state index contributed by atoms with van der Waals surface area (Å²) in [5.41, 5.74) is 6.53. The number of likely N-dealkylation sites (N-methyl/N-ethyl adjacent to an activating group) is 1. The van der Waals surface area contributed by atoms with Gasteiger partial charge in [-0.25, -0.2) is 15.0 Å². The number of rotatable bonds is 6. The first-order valence-corrected chi connectivity index (χ1v) is 8.78. The Morgan fingerprint density at radius 1 is 1.28 bits per heavy atom. The van der Waals surface area contributed by atoms with Crippen molar-refractivity contribution in [3.05, 3.63) is 41.6 Å². The standard InChI is InChI=1S/C20H23N5O4/c1-5-24(2)20(28)16(26)10-9-13-7-6-8-14(11-13)19-22-15(18(21)27)12-17(23-19)25(3)29-4/h6-8,11-12,16,26H,5H2,1-4H3,(H2,21,27). The molecule has 0 radical (unpaired) electrons. The Labute approximate surface area is 169 Å². The van der Waals surface area contributed by atoms with Crippen LogP contribution in [-0.4, -0.2) is 65.6 Å². The van der Waals surface area contributed by atoms with E-state index in [9.17, 15) is 14.7 Å². The van der Waals surface area contributed by atoms with Gasteiger partial charge in [0.2, 0.25) is 0 Å². The van der Waals surface area contributed by atoms with Gasteiger partial charge in [-0.05, 0) is 19.1 Å². The third-order valence-corrected chi connectivity index (χ3v) is 4.12. The number of primary amides is 1. The number of aromatic nitrogens is 2. The molecule has 1 aromatic carbocycles. The number of carbonyl (C=O) groups excluding carboxylic acids is 2. The van der Waals surface area contributed by atoms with Crippen molar-refractivity contribution in [2.24, 2.45) is 5.73 Å². The van der Waals surface area contributed by atoms with Crippen LogP contribution in [0.1, 0.15) is 23.0 Å². The van der Waals surface area contributed by atoms with Gasteiger partial charge in [0.15, 0.2) is 17.7 Å². The second-order valence-corrected chi connectivity index (χ2v) is 6.08. The van der Waals surface area contributed by atoms with E-state index in [-0.39, 0.29) is 11.5 Å². The van der Waals surface area contributed by atoms with Crippen LogP contribution in [0.25, 0.3) is 11.4 Å². The molecule has 1 atom stereocenters. The first-order chi connectivity index (χ1) is 13.8. The molecule has 29 heavy (non-hydrogen) atoms. The van der Waals surface area contributed by atoms with Crippen molar-refractivity contribution >= 4 is 17.6 Å². The van der Waals surface area contributed by atoms with Gasteiger partial charge in [-0.15, -0.1) is 0 Å². The Hall–Kier alpha value is -3.48. The summed E-state index contributed by atoms with van der Waals surface area (Å²) >= 11 is 0. The number of benzene rings is 1. The highest BCUT2D eigenvalue weighted by molar-refractivity contribution is 5.92. The van der Waals surface area contributed by atoms with Crippen LogP contribution in [0, 0.1) is 11.8 Å². The molecule has 0 spiro atoms. The van der Waals surface area contributed by atoms with E-state index < -0.39 is 17.9 Å². The first kappa shape index (κ1) is 21.8. The molecule has 1 heterocycles. The fourth-order valence-corrected chi connectivity index (χ4v) is 2.26. The van der Waals surface area contributed by atoms with Crippen LogP contribution in [0.4, 0.5) is 5.82 Å². The Morgan fingerprint density at radius 2 is 2.00 bits per heavy atom. The summed E-state index contributed by atoms with van der Waals surface area (Å²) in [5, 5.41) is 11.3. The smallest absolute Gasteiger partial charge is 0.267 e. The minimum atomic E-state index is -1.42.